The molecule has 3 amide bonds. The van der Waals surface area contributed by atoms with Crippen molar-refractivity contribution in [3.63, 3.8) is 0 Å². The van der Waals surface area contributed by atoms with Crippen LogP contribution in [0.15, 0.2) is 36.4 Å². The molecular weight excluding hydrogens is 368 g/mol. The molecule has 3 rings (SSSR count). The molecule has 0 radical (unpaired) electrons. The van der Waals surface area contributed by atoms with Crippen LogP contribution in [-0.4, -0.2) is 29.7 Å². The van der Waals surface area contributed by atoms with E-state index >= 15 is 0 Å². The first-order valence-electron chi connectivity index (χ1n) is 7.70. The van der Waals surface area contributed by atoms with Crippen LogP contribution in [0.1, 0.15) is 42.2 Å². The highest BCUT2D eigenvalue weighted by Crippen LogP contribution is 2.32. The van der Waals surface area contributed by atoms with Crippen LogP contribution in [0.25, 0.3) is 0 Å². The maximum Gasteiger partial charge on any atom is 0.416 e. The van der Waals surface area contributed by atoms with E-state index in [4.69, 9.17) is 0 Å². The van der Waals surface area contributed by atoms with Gasteiger partial charge in [0.25, 0.3) is 17.7 Å². The number of carbonyl (C=O) groups is 3. The Morgan fingerprint density at radius 2 is 1.70 bits per heavy atom. The van der Waals surface area contributed by atoms with Crippen molar-refractivity contribution < 1.29 is 31.9 Å². The summed E-state index contributed by atoms with van der Waals surface area (Å²) >= 11 is 0. The van der Waals surface area contributed by atoms with Crippen LogP contribution in [0.3, 0.4) is 0 Å². The van der Waals surface area contributed by atoms with Crippen molar-refractivity contribution in [1.82, 2.24) is 10.2 Å². The van der Waals surface area contributed by atoms with E-state index in [1.165, 1.54) is 25.2 Å². The van der Waals surface area contributed by atoms with Gasteiger partial charge < -0.3 is 5.32 Å². The van der Waals surface area contributed by atoms with E-state index in [-0.39, 0.29) is 22.3 Å². The second kappa shape index (κ2) is 6.49. The van der Waals surface area contributed by atoms with Gasteiger partial charge in [0.05, 0.1) is 16.7 Å². The Hall–Kier alpha value is -3.23. The summed E-state index contributed by atoms with van der Waals surface area (Å²) in [5, 5.41) is 2.30. The summed E-state index contributed by atoms with van der Waals surface area (Å²) in [6.07, 6.45) is -4.77. The molecule has 140 valence electrons. The SMILES string of the molecule is CN1C(=O)c2ccc(C(=O)NCc3ccc(F)cc3C(F)(F)F)cc2C1=O. The number of rotatable bonds is 3. The first kappa shape index (κ1) is 18.6. The molecule has 0 saturated heterocycles. The molecule has 1 aliphatic heterocycles. The van der Waals surface area contributed by atoms with Crippen molar-refractivity contribution in [2.75, 3.05) is 7.05 Å². The smallest absolute Gasteiger partial charge is 0.348 e. The number of halogens is 4. The Morgan fingerprint density at radius 3 is 2.37 bits per heavy atom. The predicted octanol–water partition coefficient (Wildman–Crippen LogP) is 3.00. The van der Waals surface area contributed by atoms with Gasteiger partial charge in [0.2, 0.25) is 0 Å². The maximum absolute atomic E-state index is 13.1. The quantitative estimate of drug-likeness (QED) is 0.658. The van der Waals surface area contributed by atoms with Crippen LogP contribution in [-0.2, 0) is 12.7 Å². The zero-order chi connectivity index (χ0) is 19.9. The van der Waals surface area contributed by atoms with Crippen LogP contribution in [0.2, 0.25) is 0 Å². The molecule has 1 N–H and O–H groups in total. The summed E-state index contributed by atoms with van der Waals surface area (Å²) < 4.78 is 52.1. The zero-order valence-corrected chi connectivity index (χ0v) is 13.9. The van der Waals surface area contributed by atoms with E-state index in [2.05, 4.69) is 5.32 Å². The number of nitrogens with one attached hydrogen (secondary N) is 1. The normalized spacial score (nSPS) is 13.7. The van der Waals surface area contributed by atoms with E-state index < -0.39 is 41.8 Å². The Labute approximate surface area is 150 Å². The molecule has 0 fully saturated rings. The third-order valence-corrected chi connectivity index (χ3v) is 4.17. The fourth-order valence-electron chi connectivity index (χ4n) is 2.75. The number of imide groups is 1. The van der Waals surface area contributed by atoms with Gasteiger partial charge in [-0.3, -0.25) is 19.3 Å². The molecule has 0 saturated carbocycles. The van der Waals surface area contributed by atoms with Crippen molar-refractivity contribution >= 4 is 17.7 Å². The molecule has 1 heterocycles. The van der Waals surface area contributed by atoms with Gasteiger partial charge in [0.15, 0.2) is 0 Å². The number of nitrogens with zero attached hydrogens (tertiary/aromatic N) is 1. The highest BCUT2D eigenvalue weighted by atomic mass is 19.4. The maximum atomic E-state index is 13.1. The lowest BCUT2D eigenvalue weighted by atomic mass is 10.0. The minimum Gasteiger partial charge on any atom is -0.348 e. The monoisotopic (exact) mass is 380 g/mol. The average molecular weight is 380 g/mol. The van der Waals surface area contributed by atoms with Crippen molar-refractivity contribution in [3.8, 4) is 0 Å². The molecular formula is C18H12F4N2O3. The van der Waals surface area contributed by atoms with Gasteiger partial charge in [0.1, 0.15) is 5.82 Å². The summed E-state index contributed by atoms with van der Waals surface area (Å²) in [4.78, 5) is 36.9. The Kier molecular flexibility index (Phi) is 4.46. The van der Waals surface area contributed by atoms with Crippen molar-refractivity contribution in [3.05, 3.63) is 70.0 Å². The molecule has 0 aromatic heterocycles. The summed E-state index contributed by atoms with van der Waals surface area (Å²) in [5.74, 6) is -2.83. The third-order valence-electron chi connectivity index (χ3n) is 4.17. The highest BCUT2D eigenvalue weighted by molar-refractivity contribution is 6.21. The fourth-order valence-corrected chi connectivity index (χ4v) is 2.75. The summed E-state index contributed by atoms with van der Waals surface area (Å²) in [5.41, 5.74) is -1.27. The average Bonchev–Trinajstić information content (AvgIpc) is 2.83. The topological polar surface area (TPSA) is 66.5 Å². The van der Waals surface area contributed by atoms with Gasteiger partial charge in [0, 0.05) is 19.2 Å². The van der Waals surface area contributed by atoms with Crippen LogP contribution in [0.5, 0.6) is 0 Å². The number of alkyl halides is 3. The Balaban J connectivity index is 1.81. The summed E-state index contributed by atoms with van der Waals surface area (Å²) in [6, 6.07) is 5.99. The number of carbonyl (C=O) groups excluding carboxylic acids is 3. The van der Waals surface area contributed by atoms with Crippen LogP contribution >= 0.6 is 0 Å². The summed E-state index contributed by atoms with van der Waals surface area (Å²) in [7, 11) is 1.30. The summed E-state index contributed by atoms with van der Waals surface area (Å²) in [6.45, 7) is -0.488. The molecule has 9 heteroatoms. The first-order valence-corrected chi connectivity index (χ1v) is 7.70. The van der Waals surface area contributed by atoms with Crippen LogP contribution in [0.4, 0.5) is 17.6 Å². The van der Waals surface area contributed by atoms with E-state index in [0.717, 1.165) is 17.0 Å². The largest absolute Gasteiger partial charge is 0.416 e. The molecule has 1 aliphatic rings. The second-order valence-corrected chi connectivity index (χ2v) is 5.91. The predicted molar refractivity (Wildman–Crippen MR) is 85.4 cm³/mol. The number of amides is 3. The van der Waals surface area contributed by atoms with Gasteiger partial charge in [-0.05, 0) is 35.9 Å². The van der Waals surface area contributed by atoms with E-state index in [1.807, 2.05) is 0 Å². The molecule has 0 atom stereocenters. The lowest BCUT2D eigenvalue weighted by Crippen LogP contribution is -2.25. The number of benzene rings is 2. The van der Waals surface area contributed by atoms with Crippen molar-refractivity contribution in [1.29, 1.82) is 0 Å². The Bertz CT molecular complexity index is 970. The lowest BCUT2D eigenvalue weighted by Gasteiger charge is -2.13. The Morgan fingerprint density at radius 1 is 1.04 bits per heavy atom. The highest BCUT2D eigenvalue weighted by Gasteiger charge is 2.34. The zero-order valence-electron chi connectivity index (χ0n) is 13.9. The molecule has 0 spiro atoms. The number of fused-ring (bicyclic) bond motifs is 1. The lowest BCUT2D eigenvalue weighted by molar-refractivity contribution is -0.138. The number of hydrogen-bond acceptors (Lipinski definition) is 3. The van der Waals surface area contributed by atoms with Gasteiger partial charge in [-0.1, -0.05) is 6.07 Å². The molecule has 0 aliphatic carbocycles. The van der Waals surface area contributed by atoms with E-state index in [1.54, 1.807) is 0 Å². The molecule has 0 bridgehead atoms. The molecule has 27 heavy (non-hydrogen) atoms. The van der Waals surface area contributed by atoms with Crippen LogP contribution < -0.4 is 5.32 Å². The van der Waals surface area contributed by atoms with Crippen LogP contribution in [0, 0.1) is 5.82 Å². The van der Waals surface area contributed by atoms with E-state index in [9.17, 15) is 31.9 Å². The fraction of sp³-hybridized carbons (Fsp3) is 0.167. The molecule has 5 nitrogen and oxygen atoms in total. The van der Waals surface area contributed by atoms with Gasteiger partial charge in [-0.25, -0.2) is 4.39 Å². The van der Waals surface area contributed by atoms with E-state index in [0.29, 0.717) is 6.07 Å². The standard InChI is InChI=1S/C18H12F4N2O3/c1-24-16(26)12-5-3-9(6-13(12)17(24)27)15(25)23-8-10-2-4-11(19)7-14(10)18(20,21)22/h2-7H,8H2,1H3,(H,23,25). The first-order chi connectivity index (χ1) is 12.6. The van der Waals surface area contributed by atoms with Crippen molar-refractivity contribution in [2.45, 2.75) is 12.7 Å². The minimum atomic E-state index is -4.77. The van der Waals surface area contributed by atoms with Gasteiger partial charge >= 0.3 is 6.18 Å². The number of hydrogen-bond donors (Lipinski definition) is 1. The van der Waals surface area contributed by atoms with Crippen molar-refractivity contribution in [2.24, 2.45) is 0 Å². The third kappa shape index (κ3) is 3.40. The molecule has 0 unspecified atom stereocenters. The van der Waals surface area contributed by atoms with Gasteiger partial charge in [-0.15, -0.1) is 0 Å². The molecule has 2 aromatic carbocycles. The van der Waals surface area contributed by atoms with Gasteiger partial charge in [-0.2, -0.15) is 13.2 Å². The minimum absolute atomic E-state index is 0.0147. The molecule has 2 aromatic rings. The second-order valence-electron chi connectivity index (χ2n) is 5.91.